The molecule has 4 heteroatoms. The molecule has 1 aromatic heterocycles. The Morgan fingerprint density at radius 1 is 1.33 bits per heavy atom. The first-order chi connectivity index (χ1) is 10.1. The van der Waals surface area contributed by atoms with Crippen molar-refractivity contribution in [3.63, 3.8) is 0 Å². The maximum atomic E-state index is 9.43. The van der Waals surface area contributed by atoms with Crippen LogP contribution in [0.5, 0.6) is 0 Å². The lowest BCUT2D eigenvalue weighted by Gasteiger charge is -2.32. The van der Waals surface area contributed by atoms with Crippen LogP contribution in [0.4, 0.5) is 11.4 Å². The van der Waals surface area contributed by atoms with Gasteiger partial charge in [-0.2, -0.15) is 5.26 Å². The first-order valence-electron chi connectivity index (χ1n) is 7.09. The Morgan fingerprint density at radius 3 is 2.90 bits per heavy atom. The molecule has 0 atom stereocenters. The van der Waals surface area contributed by atoms with Gasteiger partial charge in [0.05, 0.1) is 16.9 Å². The molecule has 1 aliphatic rings. The molecular formula is C17H18N4. The Bertz CT molecular complexity index is 743. The highest BCUT2D eigenvalue weighted by Gasteiger charge is 2.21. The molecule has 2 aromatic rings. The second-order valence-electron chi connectivity index (χ2n) is 5.51. The number of nitrogens with zero attached hydrogens (tertiary/aromatic N) is 3. The number of pyridine rings is 1. The number of nitriles is 1. The third-order valence-electron chi connectivity index (χ3n) is 4.07. The molecule has 0 fully saturated rings. The van der Waals surface area contributed by atoms with Gasteiger partial charge < -0.3 is 10.6 Å². The van der Waals surface area contributed by atoms with Gasteiger partial charge in [0, 0.05) is 24.5 Å². The first kappa shape index (κ1) is 13.4. The molecule has 0 bridgehead atoms. The lowest BCUT2D eigenvalue weighted by molar-refractivity contribution is 0.730. The van der Waals surface area contributed by atoms with E-state index >= 15 is 0 Å². The normalized spacial score (nSPS) is 13.7. The molecule has 0 amide bonds. The fourth-order valence-electron chi connectivity index (χ4n) is 3.01. The zero-order valence-corrected chi connectivity index (χ0v) is 12.3. The quantitative estimate of drug-likeness (QED) is 0.814. The van der Waals surface area contributed by atoms with Gasteiger partial charge in [0.15, 0.2) is 0 Å². The largest absolute Gasteiger partial charge is 0.398 e. The minimum atomic E-state index is 0.665. The molecule has 2 N–H and O–H groups in total. The van der Waals surface area contributed by atoms with Gasteiger partial charge >= 0.3 is 0 Å². The summed E-state index contributed by atoms with van der Waals surface area (Å²) in [5.74, 6) is 0. The van der Waals surface area contributed by atoms with Crippen molar-refractivity contribution in [1.82, 2.24) is 4.98 Å². The molecule has 21 heavy (non-hydrogen) atoms. The van der Waals surface area contributed by atoms with Crippen molar-refractivity contribution in [3.8, 4) is 6.07 Å². The van der Waals surface area contributed by atoms with E-state index in [0.717, 1.165) is 42.3 Å². The summed E-state index contributed by atoms with van der Waals surface area (Å²) in [5, 5.41) is 9.43. The van der Waals surface area contributed by atoms with Gasteiger partial charge in [-0.15, -0.1) is 0 Å². The molecule has 106 valence electrons. The Labute approximate surface area is 124 Å². The van der Waals surface area contributed by atoms with Crippen molar-refractivity contribution >= 4 is 11.4 Å². The smallest absolute Gasteiger partial charge is 0.103 e. The van der Waals surface area contributed by atoms with Gasteiger partial charge in [0.1, 0.15) is 6.07 Å². The maximum Gasteiger partial charge on any atom is 0.103 e. The average Bonchev–Trinajstić information content (AvgIpc) is 2.46. The fraction of sp³-hybridized carbons (Fsp3) is 0.294. The van der Waals surface area contributed by atoms with E-state index in [4.69, 9.17) is 5.73 Å². The van der Waals surface area contributed by atoms with Gasteiger partial charge in [-0.05, 0) is 43.5 Å². The Hall–Kier alpha value is -2.54. The maximum absolute atomic E-state index is 9.43. The van der Waals surface area contributed by atoms with Crippen LogP contribution < -0.4 is 10.6 Å². The van der Waals surface area contributed by atoms with Crippen molar-refractivity contribution in [3.05, 3.63) is 52.3 Å². The number of hydrogen-bond acceptors (Lipinski definition) is 4. The number of benzene rings is 1. The van der Waals surface area contributed by atoms with Crippen molar-refractivity contribution in [1.29, 1.82) is 5.26 Å². The van der Waals surface area contributed by atoms with Crippen LogP contribution in [0.2, 0.25) is 0 Å². The average molecular weight is 278 g/mol. The van der Waals surface area contributed by atoms with Gasteiger partial charge in [0.2, 0.25) is 0 Å². The summed E-state index contributed by atoms with van der Waals surface area (Å²) in [6.07, 6.45) is 0.950. The van der Waals surface area contributed by atoms with E-state index in [-0.39, 0.29) is 0 Å². The molecule has 0 aliphatic carbocycles. The Kier molecular flexibility index (Phi) is 3.26. The fourth-order valence-corrected chi connectivity index (χ4v) is 3.01. The van der Waals surface area contributed by atoms with E-state index in [2.05, 4.69) is 22.0 Å². The standard InChI is InChI=1S/C17H18N4/c1-11-8-17(14(9-18)12(2)20-11)21-7-6-13-4-3-5-16(19)15(13)10-21/h3-5,8H,6-7,10,19H2,1-2H3. The zero-order valence-electron chi connectivity index (χ0n) is 12.3. The molecule has 0 radical (unpaired) electrons. The summed E-state index contributed by atoms with van der Waals surface area (Å²) in [6.45, 7) is 5.50. The number of rotatable bonds is 1. The number of nitrogens with two attached hydrogens (primary N) is 1. The van der Waals surface area contributed by atoms with Gasteiger partial charge in [-0.1, -0.05) is 12.1 Å². The van der Waals surface area contributed by atoms with Crippen LogP contribution >= 0.6 is 0 Å². The predicted octanol–water partition coefficient (Wildman–Crippen LogP) is 2.72. The molecule has 1 aliphatic heterocycles. The van der Waals surface area contributed by atoms with E-state index in [1.807, 2.05) is 32.0 Å². The number of aryl methyl sites for hydroxylation is 2. The lowest BCUT2D eigenvalue weighted by atomic mass is 9.97. The van der Waals surface area contributed by atoms with E-state index < -0.39 is 0 Å². The number of fused-ring (bicyclic) bond motifs is 1. The monoisotopic (exact) mass is 278 g/mol. The van der Waals surface area contributed by atoms with Crippen LogP contribution in [0.3, 0.4) is 0 Å². The molecule has 0 unspecified atom stereocenters. The summed E-state index contributed by atoms with van der Waals surface area (Å²) in [4.78, 5) is 6.62. The van der Waals surface area contributed by atoms with Gasteiger partial charge in [-0.25, -0.2) is 0 Å². The van der Waals surface area contributed by atoms with Crippen LogP contribution in [-0.2, 0) is 13.0 Å². The van der Waals surface area contributed by atoms with Crippen LogP contribution in [-0.4, -0.2) is 11.5 Å². The molecule has 3 rings (SSSR count). The predicted molar refractivity (Wildman–Crippen MR) is 84.0 cm³/mol. The van der Waals surface area contributed by atoms with Gasteiger partial charge in [-0.3, -0.25) is 4.98 Å². The Morgan fingerprint density at radius 2 is 2.14 bits per heavy atom. The third-order valence-corrected chi connectivity index (χ3v) is 4.07. The number of anilines is 2. The molecule has 0 saturated heterocycles. The first-order valence-corrected chi connectivity index (χ1v) is 7.09. The van der Waals surface area contributed by atoms with Crippen LogP contribution in [0, 0.1) is 25.2 Å². The molecule has 0 spiro atoms. The minimum absolute atomic E-state index is 0.665. The molecule has 1 aromatic carbocycles. The van der Waals surface area contributed by atoms with E-state index in [9.17, 15) is 5.26 Å². The topological polar surface area (TPSA) is 65.9 Å². The zero-order chi connectivity index (χ0) is 15.0. The van der Waals surface area contributed by atoms with Crippen LogP contribution in [0.25, 0.3) is 0 Å². The van der Waals surface area contributed by atoms with Crippen molar-refractivity contribution < 1.29 is 0 Å². The summed E-state index contributed by atoms with van der Waals surface area (Å²) >= 11 is 0. The number of hydrogen-bond donors (Lipinski definition) is 1. The van der Waals surface area contributed by atoms with Crippen molar-refractivity contribution in [2.75, 3.05) is 17.2 Å². The highest BCUT2D eigenvalue weighted by molar-refractivity contribution is 5.64. The third kappa shape index (κ3) is 2.31. The van der Waals surface area contributed by atoms with Crippen molar-refractivity contribution in [2.45, 2.75) is 26.8 Å². The summed E-state index contributed by atoms with van der Waals surface area (Å²) in [7, 11) is 0. The SMILES string of the molecule is Cc1cc(N2CCc3cccc(N)c3C2)c(C#N)c(C)n1. The molecule has 0 saturated carbocycles. The minimum Gasteiger partial charge on any atom is -0.398 e. The molecular weight excluding hydrogens is 260 g/mol. The highest BCUT2D eigenvalue weighted by Crippen LogP contribution is 2.31. The highest BCUT2D eigenvalue weighted by atomic mass is 15.1. The van der Waals surface area contributed by atoms with Gasteiger partial charge in [0.25, 0.3) is 0 Å². The van der Waals surface area contributed by atoms with Crippen LogP contribution in [0.15, 0.2) is 24.3 Å². The number of aromatic nitrogens is 1. The van der Waals surface area contributed by atoms with E-state index in [0.29, 0.717) is 5.56 Å². The summed E-state index contributed by atoms with van der Waals surface area (Å²) in [5.41, 5.74) is 12.8. The molecule has 2 heterocycles. The molecule has 4 nitrogen and oxygen atoms in total. The summed E-state index contributed by atoms with van der Waals surface area (Å²) < 4.78 is 0. The summed E-state index contributed by atoms with van der Waals surface area (Å²) in [6, 6.07) is 10.4. The van der Waals surface area contributed by atoms with Crippen LogP contribution in [0.1, 0.15) is 28.1 Å². The number of nitrogen functional groups attached to an aromatic ring is 1. The second kappa shape index (κ2) is 5.10. The van der Waals surface area contributed by atoms with E-state index in [1.165, 1.54) is 11.1 Å². The lowest BCUT2D eigenvalue weighted by Crippen LogP contribution is -2.31. The Balaban J connectivity index is 2.05. The van der Waals surface area contributed by atoms with Crippen molar-refractivity contribution in [2.24, 2.45) is 0 Å². The second-order valence-corrected chi connectivity index (χ2v) is 5.51. The van der Waals surface area contributed by atoms with E-state index in [1.54, 1.807) is 0 Å².